The van der Waals surface area contributed by atoms with E-state index in [2.05, 4.69) is 0 Å². The van der Waals surface area contributed by atoms with E-state index in [0.29, 0.717) is 30.2 Å². The Morgan fingerprint density at radius 1 is 1.00 bits per heavy atom. The zero-order valence-electron chi connectivity index (χ0n) is 14.8. The fourth-order valence-electron chi connectivity index (χ4n) is 2.87. The van der Waals surface area contributed by atoms with E-state index in [1.54, 1.807) is 18.2 Å². The van der Waals surface area contributed by atoms with Crippen molar-refractivity contribution in [1.29, 1.82) is 0 Å². The molecule has 0 aliphatic carbocycles. The second kappa shape index (κ2) is 7.98. The number of hydrogen-bond acceptors (Lipinski definition) is 3. The minimum Gasteiger partial charge on any atom is -0.460 e. The highest BCUT2D eigenvalue weighted by Gasteiger charge is 2.30. The number of alkyl halides is 3. The number of furan rings is 1. The lowest BCUT2D eigenvalue weighted by Crippen LogP contribution is -2.24. The van der Waals surface area contributed by atoms with E-state index < -0.39 is 17.8 Å². The van der Waals surface area contributed by atoms with Gasteiger partial charge in [-0.2, -0.15) is 13.2 Å². The minimum absolute atomic E-state index is 0.378. The Kier molecular flexibility index (Phi) is 5.68. The number of likely N-dealkylation sites (N-methyl/N-ethyl adjacent to an activating group) is 1. The Bertz CT molecular complexity index is 874. The first-order valence-electron chi connectivity index (χ1n) is 8.51. The molecule has 0 aliphatic heterocycles. The number of benzene rings is 2. The Balaban J connectivity index is 1.66. The molecule has 0 spiro atoms. The topological polar surface area (TPSA) is 36.6 Å². The van der Waals surface area contributed by atoms with Crippen molar-refractivity contribution in [3.63, 3.8) is 0 Å². The molecular weight excluding hydrogens is 355 g/mol. The molecule has 27 heavy (non-hydrogen) atoms. The molecule has 0 aliphatic rings. The van der Waals surface area contributed by atoms with Crippen molar-refractivity contribution in [2.24, 2.45) is 0 Å². The molecule has 3 aromatic rings. The van der Waals surface area contributed by atoms with Gasteiger partial charge in [-0.3, -0.25) is 4.90 Å². The molecule has 2 aromatic carbocycles. The molecule has 1 atom stereocenters. The van der Waals surface area contributed by atoms with Crippen LogP contribution < -0.4 is 0 Å². The summed E-state index contributed by atoms with van der Waals surface area (Å²) in [6.07, 6.45) is -5.02. The molecule has 0 amide bonds. The van der Waals surface area contributed by atoms with Gasteiger partial charge < -0.3 is 9.52 Å². The smallest absolute Gasteiger partial charge is 0.416 e. The largest absolute Gasteiger partial charge is 0.460 e. The lowest BCUT2D eigenvalue weighted by Gasteiger charge is -2.19. The summed E-state index contributed by atoms with van der Waals surface area (Å²) in [7, 11) is 1.85. The number of aliphatic hydroxyl groups is 1. The van der Waals surface area contributed by atoms with Gasteiger partial charge in [0.25, 0.3) is 0 Å². The summed E-state index contributed by atoms with van der Waals surface area (Å²) < 4.78 is 44.3. The summed E-state index contributed by atoms with van der Waals surface area (Å²) in [5.41, 5.74) is 0.498. The first-order valence-corrected chi connectivity index (χ1v) is 8.51. The minimum atomic E-state index is -4.39. The summed E-state index contributed by atoms with van der Waals surface area (Å²) in [6, 6.07) is 17.8. The average molecular weight is 375 g/mol. The third-order valence-electron chi connectivity index (χ3n) is 4.23. The zero-order valence-corrected chi connectivity index (χ0v) is 14.8. The zero-order chi connectivity index (χ0) is 19.4. The lowest BCUT2D eigenvalue weighted by molar-refractivity contribution is -0.137. The van der Waals surface area contributed by atoms with Crippen LogP contribution in [-0.2, 0) is 12.7 Å². The van der Waals surface area contributed by atoms with Gasteiger partial charge >= 0.3 is 6.18 Å². The second-order valence-electron chi connectivity index (χ2n) is 6.47. The molecule has 0 saturated carbocycles. The number of aliphatic hydroxyl groups excluding tert-OH is 1. The monoisotopic (exact) mass is 375 g/mol. The van der Waals surface area contributed by atoms with Crippen molar-refractivity contribution in [2.75, 3.05) is 13.6 Å². The third kappa shape index (κ3) is 4.99. The Morgan fingerprint density at radius 3 is 2.44 bits per heavy atom. The highest BCUT2D eigenvalue weighted by molar-refractivity contribution is 5.58. The fraction of sp³-hybridized carbons (Fsp3) is 0.238. The quantitative estimate of drug-likeness (QED) is 0.649. The molecule has 1 heterocycles. The van der Waals surface area contributed by atoms with E-state index in [1.807, 2.05) is 42.3 Å². The Hall–Kier alpha value is -2.57. The Morgan fingerprint density at radius 2 is 1.74 bits per heavy atom. The normalized spacial score (nSPS) is 13.1. The molecule has 0 radical (unpaired) electrons. The number of rotatable bonds is 6. The molecule has 1 N–H and O–H groups in total. The summed E-state index contributed by atoms with van der Waals surface area (Å²) >= 11 is 0. The molecule has 6 heteroatoms. The van der Waals surface area contributed by atoms with Crippen molar-refractivity contribution in [3.05, 3.63) is 83.6 Å². The van der Waals surface area contributed by atoms with E-state index in [4.69, 9.17) is 4.42 Å². The van der Waals surface area contributed by atoms with Crippen LogP contribution in [0.1, 0.15) is 23.0 Å². The summed E-state index contributed by atoms with van der Waals surface area (Å²) in [5.74, 6) is 0.998. The highest BCUT2D eigenvalue weighted by atomic mass is 19.4. The van der Waals surface area contributed by atoms with Crippen LogP contribution in [0.5, 0.6) is 0 Å². The molecule has 1 aromatic heterocycles. The van der Waals surface area contributed by atoms with Crippen molar-refractivity contribution in [2.45, 2.75) is 18.8 Å². The third-order valence-corrected chi connectivity index (χ3v) is 4.23. The maximum atomic E-state index is 12.9. The first kappa shape index (κ1) is 19.2. The Labute approximate surface area is 155 Å². The molecule has 1 unspecified atom stereocenters. The molecule has 0 fully saturated rings. The molecular formula is C21H20F3NO2. The highest BCUT2D eigenvalue weighted by Crippen LogP contribution is 2.32. The van der Waals surface area contributed by atoms with Gasteiger partial charge in [0.1, 0.15) is 11.5 Å². The van der Waals surface area contributed by atoms with Crippen molar-refractivity contribution < 1.29 is 22.7 Å². The van der Waals surface area contributed by atoms with E-state index in [9.17, 15) is 18.3 Å². The standard InChI is InChI=1S/C21H20F3NO2/c1-25(14-19(26)15-6-3-2-4-7-15)13-18-10-11-20(27-18)16-8-5-9-17(12-16)21(22,23)24/h2-12,19,26H,13-14H2,1H3. The van der Waals surface area contributed by atoms with Crippen molar-refractivity contribution in [1.82, 2.24) is 4.90 Å². The molecule has 3 nitrogen and oxygen atoms in total. The predicted molar refractivity (Wildman–Crippen MR) is 96.9 cm³/mol. The number of halogens is 3. The molecule has 0 saturated heterocycles. The number of nitrogens with zero attached hydrogens (tertiary/aromatic N) is 1. The van der Waals surface area contributed by atoms with Gasteiger partial charge in [0.2, 0.25) is 0 Å². The summed E-state index contributed by atoms with van der Waals surface area (Å²) in [4.78, 5) is 1.90. The van der Waals surface area contributed by atoms with Crippen LogP contribution in [0.3, 0.4) is 0 Å². The van der Waals surface area contributed by atoms with E-state index in [-0.39, 0.29) is 0 Å². The van der Waals surface area contributed by atoms with E-state index >= 15 is 0 Å². The van der Waals surface area contributed by atoms with Gasteiger partial charge in [-0.25, -0.2) is 0 Å². The second-order valence-corrected chi connectivity index (χ2v) is 6.47. The summed E-state index contributed by atoms with van der Waals surface area (Å²) in [6.45, 7) is 0.840. The molecule has 142 valence electrons. The van der Waals surface area contributed by atoms with Crippen LogP contribution in [0.15, 0.2) is 71.1 Å². The summed E-state index contributed by atoms with van der Waals surface area (Å²) in [5, 5.41) is 10.3. The van der Waals surface area contributed by atoms with Gasteiger partial charge in [-0.05, 0) is 36.9 Å². The number of hydrogen-bond donors (Lipinski definition) is 1. The van der Waals surface area contributed by atoms with Crippen LogP contribution in [-0.4, -0.2) is 23.6 Å². The molecule has 0 bridgehead atoms. The lowest BCUT2D eigenvalue weighted by atomic mass is 10.1. The fourth-order valence-corrected chi connectivity index (χ4v) is 2.87. The van der Waals surface area contributed by atoms with Crippen LogP contribution in [0.25, 0.3) is 11.3 Å². The van der Waals surface area contributed by atoms with Crippen LogP contribution in [0.2, 0.25) is 0 Å². The maximum Gasteiger partial charge on any atom is 0.416 e. The van der Waals surface area contributed by atoms with Gasteiger partial charge in [-0.15, -0.1) is 0 Å². The average Bonchev–Trinajstić information content (AvgIpc) is 3.10. The van der Waals surface area contributed by atoms with Gasteiger partial charge in [0.05, 0.1) is 18.2 Å². The predicted octanol–water partition coefficient (Wildman–Crippen LogP) is 5.13. The van der Waals surface area contributed by atoms with E-state index in [1.165, 1.54) is 6.07 Å². The van der Waals surface area contributed by atoms with Crippen molar-refractivity contribution >= 4 is 0 Å². The first-order chi connectivity index (χ1) is 12.8. The molecule has 3 rings (SSSR count). The SMILES string of the molecule is CN(Cc1ccc(-c2cccc(C(F)(F)F)c2)o1)CC(O)c1ccccc1. The van der Waals surface area contributed by atoms with Gasteiger partial charge in [0, 0.05) is 12.1 Å². The van der Waals surface area contributed by atoms with Crippen LogP contribution >= 0.6 is 0 Å². The van der Waals surface area contributed by atoms with Gasteiger partial charge in [-0.1, -0.05) is 42.5 Å². The van der Waals surface area contributed by atoms with E-state index in [0.717, 1.165) is 17.7 Å². The van der Waals surface area contributed by atoms with Crippen LogP contribution in [0.4, 0.5) is 13.2 Å². The van der Waals surface area contributed by atoms with Crippen molar-refractivity contribution in [3.8, 4) is 11.3 Å². The maximum absolute atomic E-state index is 12.9. The van der Waals surface area contributed by atoms with Crippen LogP contribution in [0, 0.1) is 0 Å². The van der Waals surface area contributed by atoms with Gasteiger partial charge in [0.15, 0.2) is 0 Å².